The summed E-state index contributed by atoms with van der Waals surface area (Å²) in [5.74, 6) is -1.60. The van der Waals surface area contributed by atoms with Gasteiger partial charge in [-0.1, -0.05) is 6.07 Å². The standard InChI is InChI=1S/C16H18FN3O4S/c1-10-2-3-13(12(17)8-10)18-16(22)14-4-5-15(21)20(19-14)11-6-7-25(23,24)9-11/h2-3,8,11H,4-7,9H2,1H3,(H,18,22). The van der Waals surface area contributed by atoms with Gasteiger partial charge < -0.3 is 5.32 Å². The van der Waals surface area contributed by atoms with Gasteiger partial charge in [0.15, 0.2) is 9.84 Å². The Balaban J connectivity index is 1.77. The Morgan fingerprint density at radius 2 is 2.12 bits per heavy atom. The molecule has 2 aliphatic heterocycles. The van der Waals surface area contributed by atoms with Gasteiger partial charge in [0.05, 0.1) is 23.2 Å². The van der Waals surface area contributed by atoms with Crippen molar-refractivity contribution in [2.24, 2.45) is 5.10 Å². The van der Waals surface area contributed by atoms with Crippen molar-refractivity contribution in [2.75, 3.05) is 16.8 Å². The van der Waals surface area contributed by atoms with Crippen LogP contribution in [-0.2, 0) is 19.4 Å². The third kappa shape index (κ3) is 3.87. The van der Waals surface area contributed by atoms with Crippen LogP contribution in [0.4, 0.5) is 10.1 Å². The van der Waals surface area contributed by atoms with Crippen LogP contribution in [0, 0.1) is 12.7 Å². The largest absolute Gasteiger partial charge is 0.318 e. The average Bonchev–Trinajstić information content (AvgIpc) is 2.90. The lowest BCUT2D eigenvalue weighted by Gasteiger charge is -2.27. The van der Waals surface area contributed by atoms with Crippen molar-refractivity contribution in [3.8, 4) is 0 Å². The van der Waals surface area contributed by atoms with Crippen LogP contribution < -0.4 is 5.32 Å². The molecule has 25 heavy (non-hydrogen) atoms. The van der Waals surface area contributed by atoms with E-state index >= 15 is 0 Å². The van der Waals surface area contributed by atoms with Crippen LogP contribution in [0.25, 0.3) is 0 Å². The molecule has 1 atom stereocenters. The molecule has 1 saturated heterocycles. The van der Waals surface area contributed by atoms with Crippen molar-refractivity contribution in [1.82, 2.24) is 5.01 Å². The fraction of sp³-hybridized carbons (Fsp3) is 0.438. The number of nitrogens with zero attached hydrogens (tertiary/aromatic N) is 2. The number of halogens is 1. The number of rotatable bonds is 3. The Bertz CT molecular complexity index is 866. The summed E-state index contributed by atoms with van der Waals surface area (Å²) >= 11 is 0. The number of amides is 2. The molecule has 9 heteroatoms. The third-order valence-corrected chi connectivity index (χ3v) is 6.00. The first-order valence-electron chi connectivity index (χ1n) is 7.92. The topological polar surface area (TPSA) is 95.9 Å². The van der Waals surface area contributed by atoms with Crippen LogP contribution in [-0.4, -0.2) is 48.5 Å². The molecule has 0 radical (unpaired) electrons. The highest BCUT2D eigenvalue weighted by Crippen LogP contribution is 2.23. The Morgan fingerprint density at radius 1 is 1.36 bits per heavy atom. The number of benzene rings is 1. The lowest BCUT2D eigenvalue weighted by atomic mass is 10.1. The van der Waals surface area contributed by atoms with E-state index in [1.807, 2.05) is 0 Å². The maximum absolute atomic E-state index is 13.9. The second kappa shape index (κ2) is 6.55. The molecule has 1 N–H and O–H groups in total. The molecule has 3 rings (SSSR count). The molecule has 1 aromatic rings. The molecule has 0 aromatic heterocycles. The number of hydrogen-bond donors (Lipinski definition) is 1. The van der Waals surface area contributed by atoms with E-state index in [1.165, 1.54) is 12.1 Å². The van der Waals surface area contributed by atoms with Crippen LogP contribution >= 0.6 is 0 Å². The van der Waals surface area contributed by atoms with Gasteiger partial charge in [0.1, 0.15) is 11.5 Å². The van der Waals surface area contributed by atoms with Gasteiger partial charge in [-0.2, -0.15) is 5.10 Å². The summed E-state index contributed by atoms with van der Waals surface area (Å²) in [6.45, 7) is 1.74. The molecular weight excluding hydrogens is 349 g/mol. The van der Waals surface area contributed by atoms with Crippen molar-refractivity contribution in [3.63, 3.8) is 0 Å². The maximum Gasteiger partial charge on any atom is 0.271 e. The molecule has 2 heterocycles. The lowest BCUT2D eigenvalue weighted by molar-refractivity contribution is -0.133. The van der Waals surface area contributed by atoms with Gasteiger partial charge in [0.2, 0.25) is 5.91 Å². The summed E-state index contributed by atoms with van der Waals surface area (Å²) in [7, 11) is -3.18. The predicted molar refractivity (Wildman–Crippen MR) is 90.3 cm³/mol. The summed E-state index contributed by atoms with van der Waals surface area (Å²) in [6.07, 6.45) is 0.506. The Labute approximate surface area is 144 Å². The van der Waals surface area contributed by atoms with Gasteiger partial charge in [-0.05, 0) is 31.0 Å². The number of nitrogens with one attached hydrogen (secondary N) is 1. The van der Waals surface area contributed by atoms with Gasteiger partial charge in [0.25, 0.3) is 5.91 Å². The van der Waals surface area contributed by atoms with E-state index in [2.05, 4.69) is 10.4 Å². The molecule has 0 aliphatic carbocycles. The molecule has 1 aromatic carbocycles. The smallest absolute Gasteiger partial charge is 0.271 e. The summed E-state index contributed by atoms with van der Waals surface area (Å²) in [5.41, 5.74) is 0.846. The molecule has 7 nitrogen and oxygen atoms in total. The normalized spacial score (nSPS) is 22.6. The van der Waals surface area contributed by atoms with Crippen LogP contribution in [0.1, 0.15) is 24.8 Å². The van der Waals surface area contributed by atoms with Crippen LogP contribution in [0.15, 0.2) is 23.3 Å². The molecule has 0 bridgehead atoms. The van der Waals surface area contributed by atoms with Gasteiger partial charge in [-0.25, -0.2) is 17.8 Å². The second-order valence-electron chi connectivity index (χ2n) is 6.28. The minimum atomic E-state index is -3.18. The Kier molecular flexibility index (Phi) is 4.59. The molecule has 0 saturated carbocycles. The summed E-state index contributed by atoms with van der Waals surface area (Å²) < 4.78 is 37.1. The minimum absolute atomic E-state index is 0.00702. The zero-order chi connectivity index (χ0) is 18.2. The zero-order valence-electron chi connectivity index (χ0n) is 13.7. The van der Waals surface area contributed by atoms with E-state index in [-0.39, 0.29) is 41.7 Å². The number of sulfone groups is 1. The third-order valence-electron chi connectivity index (χ3n) is 4.25. The van der Waals surface area contributed by atoms with Gasteiger partial charge in [0, 0.05) is 12.8 Å². The number of aryl methyl sites for hydroxylation is 1. The van der Waals surface area contributed by atoms with Gasteiger partial charge in [-0.15, -0.1) is 0 Å². The van der Waals surface area contributed by atoms with Crippen LogP contribution in [0.5, 0.6) is 0 Å². The predicted octanol–water partition coefficient (Wildman–Crippen LogP) is 1.24. The van der Waals surface area contributed by atoms with E-state index in [9.17, 15) is 22.4 Å². The highest BCUT2D eigenvalue weighted by atomic mass is 32.2. The number of hydrogen-bond acceptors (Lipinski definition) is 5. The highest BCUT2D eigenvalue weighted by molar-refractivity contribution is 7.91. The summed E-state index contributed by atoms with van der Waals surface area (Å²) in [6, 6.07) is 3.88. The van der Waals surface area contributed by atoms with Crippen molar-refractivity contribution >= 4 is 33.1 Å². The van der Waals surface area contributed by atoms with E-state index in [0.717, 1.165) is 10.6 Å². The monoisotopic (exact) mass is 367 g/mol. The number of carbonyl (C=O) groups is 2. The lowest BCUT2D eigenvalue weighted by Crippen LogP contribution is -2.42. The second-order valence-corrected chi connectivity index (χ2v) is 8.51. The van der Waals surface area contributed by atoms with Crippen molar-refractivity contribution in [3.05, 3.63) is 29.6 Å². The van der Waals surface area contributed by atoms with Gasteiger partial charge in [-0.3, -0.25) is 9.59 Å². The fourth-order valence-electron chi connectivity index (χ4n) is 2.90. The molecule has 1 fully saturated rings. The van der Waals surface area contributed by atoms with E-state index in [0.29, 0.717) is 6.42 Å². The van der Waals surface area contributed by atoms with E-state index in [4.69, 9.17) is 0 Å². The zero-order valence-corrected chi connectivity index (χ0v) is 14.5. The molecule has 134 valence electrons. The van der Waals surface area contributed by atoms with Gasteiger partial charge >= 0.3 is 0 Å². The van der Waals surface area contributed by atoms with E-state index < -0.39 is 27.6 Å². The minimum Gasteiger partial charge on any atom is -0.318 e. The quantitative estimate of drug-likeness (QED) is 0.869. The first-order valence-corrected chi connectivity index (χ1v) is 9.75. The molecular formula is C16H18FN3O4S. The van der Waals surface area contributed by atoms with Crippen LogP contribution in [0.3, 0.4) is 0 Å². The van der Waals surface area contributed by atoms with Crippen LogP contribution in [0.2, 0.25) is 0 Å². The SMILES string of the molecule is Cc1ccc(NC(=O)C2=NN(C3CCS(=O)(=O)C3)C(=O)CC2)c(F)c1. The van der Waals surface area contributed by atoms with E-state index in [1.54, 1.807) is 13.0 Å². The summed E-state index contributed by atoms with van der Waals surface area (Å²) in [5, 5.41) is 7.61. The average molecular weight is 367 g/mol. The number of anilines is 1. The van der Waals surface area contributed by atoms with Crippen molar-refractivity contribution in [1.29, 1.82) is 0 Å². The summed E-state index contributed by atoms with van der Waals surface area (Å²) in [4.78, 5) is 24.4. The number of carbonyl (C=O) groups excluding carboxylic acids is 2. The first kappa shape index (κ1) is 17.5. The Morgan fingerprint density at radius 3 is 2.76 bits per heavy atom. The first-order chi connectivity index (χ1) is 11.7. The molecule has 2 aliphatic rings. The maximum atomic E-state index is 13.9. The molecule has 2 amide bonds. The van der Waals surface area contributed by atoms with Crippen molar-refractivity contribution in [2.45, 2.75) is 32.2 Å². The highest BCUT2D eigenvalue weighted by Gasteiger charge is 2.37. The Hall–Kier alpha value is -2.29. The molecule has 0 spiro atoms. The number of hydrazone groups is 1. The van der Waals surface area contributed by atoms with Crippen molar-refractivity contribution < 1.29 is 22.4 Å². The fourth-order valence-corrected chi connectivity index (χ4v) is 4.60. The molecule has 1 unspecified atom stereocenters.